The van der Waals surface area contributed by atoms with Crippen molar-refractivity contribution < 1.29 is 0 Å². The molecular weight excluding hydrogens is 264 g/mol. The Morgan fingerprint density at radius 1 is 0.500 bits per heavy atom. The summed E-state index contributed by atoms with van der Waals surface area (Å²) in [5, 5.41) is 0. The topological polar surface area (TPSA) is 0 Å². The van der Waals surface area contributed by atoms with Crippen molar-refractivity contribution in [1.82, 2.24) is 0 Å². The molecule has 0 nitrogen and oxygen atoms in total. The lowest BCUT2D eigenvalue weighted by atomic mass is 9.85. The minimum absolute atomic E-state index is 1.10. The predicted molar refractivity (Wildman–Crippen MR) is 101 cm³/mol. The van der Waals surface area contributed by atoms with E-state index in [0.29, 0.717) is 0 Å². The number of rotatable bonds is 15. The van der Waals surface area contributed by atoms with Crippen molar-refractivity contribution in [2.24, 2.45) is 5.92 Å². The molecule has 1 aliphatic carbocycles. The van der Waals surface area contributed by atoms with Crippen LogP contribution in [0.25, 0.3) is 0 Å². The number of hydrogen-bond acceptors (Lipinski definition) is 0. The molecule has 22 heavy (non-hydrogen) atoms. The van der Waals surface area contributed by atoms with Gasteiger partial charge < -0.3 is 0 Å². The van der Waals surface area contributed by atoms with Gasteiger partial charge in [0.25, 0.3) is 0 Å². The van der Waals surface area contributed by atoms with Crippen LogP contribution in [0, 0.1) is 12.8 Å². The van der Waals surface area contributed by atoms with Crippen molar-refractivity contribution in [3.8, 4) is 0 Å². The van der Waals surface area contributed by atoms with Gasteiger partial charge in [0, 0.05) is 0 Å². The Kier molecular flexibility index (Phi) is 14.5. The number of hydrogen-bond donors (Lipinski definition) is 0. The first-order chi connectivity index (χ1) is 10.9. The molecule has 0 atom stereocenters. The van der Waals surface area contributed by atoms with Gasteiger partial charge in [-0.3, -0.25) is 0 Å². The highest BCUT2D eigenvalue weighted by Gasteiger charge is 2.12. The van der Waals surface area contributed by atoms with Gasteiger partial charge >= 0.3 is 0 Å². The SMILES string of the molecule is [CH2]CCCCCCCCCCCCCCCC1CCCCC1. The maximum atomic E-state index is 3.90. The molecule has 0 amide bonds. The molecule has 131 valence electrons. The first-order valence-electron chi connectivity index (χ1n) is 10.7. The fraction of sp³-hybridized carbons (Fsp3) is 0.955. The van der Waals surface area contributed by atoms with Crippen LogP contribution in [-0.2, 0) is 0 Å². The first-order valence-corrected chi connectivity index (χ1v) is 10.7. The zero-order valence-corrected chi connectivity index (χ0v) is 15.4. The zero-order valence-electron chi connectivity index (χ0n) is 15.4. The molecule has 1 aliphatic rings. The molecule has 1 saturated carbocycles. The third kappa shape index (κ3) is 12.5. The summed E-state index contributed by atoms with van der Waals surface area (Å²) in [5.74, 6) is 1.10. The van der Waals surface area contributed by atoms with Crippen LogP contribution < -0.4 is 0 Å². The summed E-state index contributed by atoms with van der Waals surface area (Å²) in [6.07, 6.45) is 29.3. The fourth-order valence-electron chi connectivity index (χ4n) is 4.03. The summed E-state index contributed by atoms with van der Waals surface area (Å²) in [4.78, 5) is 0. The second-order valence-corrected chi connectivity index (χ2v) is 7.74. The first kappa shape index (κ1) is 20.0. The standard InChI is InChI=1S/C22H43/c1-2-3-4-5-6-7-8-9-10-11-12-13-14-16-19-22-20-17-15-18-21-22/h22H,1-21H2. The molecule has 0 aromatic heterocycles. The van der Waals surface area contributed by atoms with Crippen LogP contribution in [0.15, 0.2) is 0 Å². The fourth-order valence-corrected chi connectivity index (χ4v) is 4.03. The predicted octanol–water partition coefficient (Wildman–Crippen LogP) is 8.25. The van der Waals surface area contributed by atoms with Gasteiger partial charge in [0.1, 0.15) is 0 Å². The molecule has 0 heterocycles. The van der Waals surface area contributed by atoms with E-state index in [1.54, 1.807) is 0 Å². The summed E-state index contributed by atoms with van der Waals surface area (Å²) >= 11 is 0. The molecular formula is C22H43. The Labute approximate surface area is 141 Å². The molecule has 0 aromatic carbocycles. The smallest absolute Gasteiger partial charge is 0.0414 e. The summed E-state index contributed by atoms with van der Waals surface area (Å²) in [6.45, 7) is 3.90. The second kappa shape index (κ2) is 15.9. The van der Waals surface area contributed by atoms with Crippen LogP contribution in [0.3, 0.4) is 0 Å². The summed E-state index contributed by atoms with van der Waals surface area (Å²) in [6, 6.07) is 0. The average Bonchev–Trinajstić information content (AvgIpc) is 2.56. The normalized spacial score (nSPS) is 16.2. The van der Waals surface area contributed by atoms with Gasteiger partial charge in [-0.2, -0.15) is 0 Å². The van der Waals surface area contributed by atoms with Gasteiger partial charge in [-0.1, -0.05) is 135 Å². The van der Waals surface area contributed by atoms with Crippen LogP contribution in [0.5, 0.6) is 0 Å². The average molecular weight is 308 g/mol. The van der Waals surface area contributed by atoms with Crippen molar-refractivity contribution in [2.75, 3.05) is 0 Å². The molecule has 0 unspecified atom stereocenters. The van der Waals surface area contributed by atoms with E-state index >= 15 is 0 Å². The Balaban J connectivity index is 1.68. The van der Waals surface area contributed by atoms with Crippen molar-refractivity contribution in [2.45, 2.75) is 128 Å². The zero-order chi connectivity index (χ0) is 15.7. The van der Waals surface area contributed by atoms with Crippen LogP contribution in [0.1, 0.15) is 128 Å². The van der Waals surface area contributed by atoms with Gasteiger partial charge in [-0.25, -0.2) is 0 Å². The maximum absolute atomic E-state index is 3.90. The quantitative estimate of drug-likeness (QED) is 0.267. The van der Waals surface area contributed by atoms with Crippen LogP contribution in [-0.4, -0.2) is 0 Å². The van der Waals surface area contributed by atoms with Crippen LogP contribution in [0.4, 0.5) is 0 Å². The van der Waals surface area contributed by atoms with E-state index in [1.165, 1.54) is 122 Å². The molecule has 1 rings (SSSR count). The Hall–Kier alpha value is 0. The van der Waals surface area contributed by atoms with E-state index in [0.717, 1.165) is 12.3 Å². The monoisotopic (exact) mass is 307 g/mol. The minimum Gasteiger partial charge on any atom is -0.0533 e. The van der Waals surface area contributed by atoms with Crippen molar-refractivity contribution >= 4 is 0 Å². The largest absolute Gasteiger partial charge is 0.0533 e. The van der Waals surface area contributed by atoms with Gasteiger partial charge in [0.15, 0.2) is 0 Å². The Morgan fingerprint density at radius 3 is 1.36 bits per heavy atom. The summed E-state index contributed by atoms with van der Waals surface area (Å²) in [5.41, 5.74) is 0. The molecule has 0 aromatic rings. The summed E-state index contributed by atoms with van der Waals surface area (Å²) < 4.78 is 0. The lowest BCUT2D eigenvalue weighted by molar-refractivity contribution is 0.328. The highest BCUT2D eigenvalue weighted by Crippen LogP contribution is 2.28. The second-order valence-electron chi connectivity index (χ2n) is 7.74. The van der Waals surface area contributed by atoms with E-state index < -0.39 is 0 Å². The molecule has 1 fully saturated rings. The maximum Gasteiger partial charge on any atom is -0.0414 e. The molecule has 0 aliphatic heterocycles. The minimum atomic E-state index is 1.10. The van der Waals surface area contributed by atoms with Gasteiger partial charge in [-0.15, -0.1) is 0 Å². The van der Waals surface area contributed by atoms with E-state index in [2.05, 4.69) is 6.92 Å². The van der Waals surface area contributed by atoms with E-state index in [9.17, 15) is 0 Å². The Morgan fingerprint density at radius 2 is 0.909 bits per heavy atom. The van der Waals surface area contributed by atoms with Crippen LogP contribution in [0.2, 0.25) is 0 Å². The van der Waals surface area contributed by atoms with Crippen molar-refractivity contribution in [3.63, 3.8) is 0 Å². The van der Waals surface area contributed by atoms with E-state index in [1.807, 2.05) is 0 Å². The highest BCUT2D eigenvalue weighted by atomic mass is 14.2. The molecule has 0 heteroatoms. The van der Waals surface area contributed by atoms with Crippen molar-refractivity contribution in [3.05, 3.63) is 6.92 Å². The lowest BCUT2D eigenvalue weighted by Gasteiger charge is -2.21. The molecule has 1 radical (unpaired) electrons. The van der Waals surface area contributed by atoms with Gasteiger partial charge in [0.05, 0.1) is 0 Å². The lowest BCUT2D eigenvalue weighted by Crippen LogP contribution is -2.05. The van der Waals surface area contributed by atoms with Crippen molar-refractivity contribution in [1.29, 1.82) is 0 Å². The van der Waals surface area contributed by atoms with E-state index in [-0.39, 0.29) is 0 Å². The third-order valence-corrected chi connectivity index (χ3v) is 5.59. The van der Waals surface area contributed by atoms with E-state index in [4.69, 9.17) is 0 Å². The van der Waals surface area contributed by atoms with Gasteiger partial charge in [0.2, 0.25) is 0 Å². The molecule has 0 spiro atoms. The van der Waals surface area contributed by atoms with Gasteiger partial charge in [-0.05, 0) is 5.92 Å². The molecule has 0 saturated heterocycles. The highest BCUT2D eigenvalue weighted by molar-refractivity contribution is 4.65. The molecule has 0 bridgehead atoms. The molecule has 0 N–H and O–H groups in total. The van der Waals surface area contributed by atoms with Crippen LogP contribution >= 0.6 is 0 Å². The number of unbranched alkanes of at least 4 members (excludes halogenated alkanes) is 13. The Bertz CT molecular complexity index is 202. The summed E-state index contributed by atoms with van der Waals surface area (Å²) in [7, 11) is 0. The third-order valence-electron chi connectivity index (χ3n) is 5.59.